The van der Waals surface area contributed by atoms with Gasteiger partial charge in [-0.3, -0.25) is 0 Å². The van der Waals surface area contributed by atoms with Crippen molar-refractivity contribution in [3.05, 3.63) is 62.5 Å². The van der Waals surface area contributed by atoms with Gasteiger partial charge in [0.25, 0.3) is 0 Å². The van der Waals surface area contributed by atoms with E-state index in [9.17, 15) is 0 Å². The van der Waals surface area contributed by atoms with Gasteiger partial charge >= 0.3 is 0 Å². The number of hydrogen-bond acceptors (Lipinski definition) is 4. The quantitative estimate of drug-likeness (QED) is 0.708. The van der Waals surface area contributed by atoms with Crippen LogP contribution in [0.25, 0.3) is 17.8 Å². The number of aryl methyl sites for hydroxylation is 2. The predicted molar refractivity (Wildman–Crippen MR) is 102 cm³/mol. The highest BCUT2D eigenvalue weighted by molar-refractivity contribution is 5.77. The molecule has 136 valence electrons. The molecule has 4 heterocycles. The van der Waals surface area contributed by atoms with Crippen LogP contribution in [0.1, 0.15) is 17.0 Å². The maximum Gasteiger partial charge on any atom is 0.231 e. The number of benzene rings is 1. The lowest BCUT2D eigenvalue weighted by Gasteiger charge is -1.94. The maximum absolute atomic E-state index is 5.56. The van der Waals surface area contributed by atoms with Crippen molar-refractivity contribution < 1.29 is 14.2 Å². The molecule has 0 atom stereocenters. The first-order valence-electron chi connectivity index (χ1n) is 8.76. The molecular formula is C21H19N3O3. The van der Waals surface area contributed by atoms with Crippen LogP contribution < -0.4 is 35.5 Å². The molecule has 1 aromatic carbocycles. The minimum absolute atomic E-state index is 0.263. The van der Waals surface area contributed by atoms with Gasteiger partial charge in [0.15, 0.2) is 11.5 Å². The van der Waals surface area contributed by atoms with Gasteiger partial charge in [-0.25, -0.2) is 4.99 Å². The van der Waals surface area contributed by atoms with Gasteiger partial charge in [-0.2, -0.15) is 0 Å². The predicted octanol–water partition coefficient (Wildman–Crippen LogP) is 0.748. The van der Waals surface area contributed by atoms with Crippen molar-refractivity contribution in [3.63, 3.8) is 0 Å². The van der Waals surface area contributed by atoms with Gasteiger partial charge in [0, 0.05) is 28.7 Å². The lowest BCUT2D eigenvalue weighted by atomic mass is 10.2. The number of nitrogens with one attached hydrogen (secondary N) is 2. The Kier molecular flexibility index (Phi) is 3.40. The summed E-state index contributed by atoms with van der Waals surface area (Å²) in [6.07, 6.45) is 4.10. The molecule has 0 saturated heterocycles. The number of rotatable bonds is 2. The molecule has 0 fully saturated rings. The topological polar surface area (TPSA) is 71.6 Å². The zero-order valence-corrected chi connectivity index (χ0v) is 15.3. The summed E-state index contributed by atoms with van der Waals surface area (Å²) >= 11 is 0. The third-order valence-corrected chi connectivity index (χ3v) is 4.84. The van der Waals surface area contributed by atoms with Crippen LogP contribution in [-0.4, -0.2) is 23.9 Å². The number of nitrogens with zero attached hydrogens (tertiary/aromatic N) is 1. The second-order valence-corrected chi connectivity index (χ2v) is 6.76. The number of aromatic nitrogens is 2. The molecule has 2 aromatic heterocycles. The first-order chi connectivity index (χ1) is 13.1. The van der Waals surface area contributed by atoms with Crippen molar-refractivity contribution in [2.75, 3.05) is 13.9 Å². The Morgan fingerprint density at radius 1 is 1.07 bits per heavy atom. The lowest BCUT2D eigenvalue weighted by Crippen LogP contribution is -2.20. The third-order valence-electron chi connectivity index (χ3n) is 4.84. The van der Waals surface area contributed by atoms with Crippen molar-refractivity contribution in [1.82, 2.24) is 9.97 Å². The van der Waals surface area contributed by atoms with Crippen LogP contribution >= 0.6 is 0 Å². The number of aromatic amines is 2. The molecule has 0 radical (unpaired) electrons. The molecule has 0 spiro atoms. The molecule has 0 unspecified atom stereocenters. The van der Waals surface area contributed by atoms with Gasteiger partial charge in [-0.1, -0.05) is 0 Å². The van der Waals surface area contributed by atoms with E-state index in [1.54, 1.807) is 7.11 Å². The summed E-state index contributed by atoms with van der Waals surface area (Å²) in [5.41, 5.74) is 4.24. The fourth-order valence-corrected chi connectivity index (χ4v) is 3.52. The van der Waals surface area contributed by atoms with Gasteiger partial charge in [0.1, 0.15) is 5.75 Å². The van der Waals surface area contributed by atoms with E-state index in [0.29, 0.717) is 0 Å². The van der Waals surface area contributed by atoms with Crippen LogP contribution in [-0.2, 0) is 0 Å². The molecule has 2 aliphatic heterocycles. The molecule has 5 rings (SSSR count). The standard InChI is InChI=1S/C21H19N3O3/c1-11-4-12(2)22-14(11)7-18-19(25-3)9-17(24-18)16-5-13-6-20-21(27-10-26-20)8-15(13)23-16/h4-9,22,24H,10H2,1-3H3. The van der Waals surface area contributed by atoms with E-state index in [4.69, 9.17) is 19.2 Å². The molecule has 0 amide bonds. The normalized spacial score (nSPS) is 16.9. The van der Waals surface area contributed by atoms with Gasteiger partial charge in [-0.15, -0.1) is 0 Å². The van der Waals surface area contributed by atoms with E-state index in [0.717, 1.165) is 55.6 Å². The Morgan fingerprint density at radius 3 is 2.63 bits per heavy atom. The van der Waals surface area contributed by atoms with Crippen LogP contribution in [0.15, 0.2) is 29.3 Å². The average Bonchev–Trinajstić information content (AvgIpc) is 3.39. The molecular weight excluding hydrogens is 342 g/mol. The minimum Gasteiger partial charge on any atom is -0.494 e. The number of fused-ring (bicyclic) bond motifs is 2. The van der Waals surface area contributed by atoms with E-state index < -0.39 is 0 Å². The number of ether oxygens (including phenoxy) is 3. The fraction of sp³-hybridized carbons (Fsp3) is 0.190. The largest absolute Gasteiger partial charge is 0.494 e. The molecule has 0 saturated carbocycles. The smallest absolute Gasteiger partial charge is 0.231 e. The second-order valence-electron chi connectivity index (χ2n) is 6.76. The molecule has 0 bridgehead atoms. The Bertz CT molecular complexity index is 1270. The van der Waals surface area contributed by atoms with E-state index in [1.807, 2.05) is 31.2 Å². The monoisotopic (exact) mass is 361 g/mol. The van der Waals surface area contributed by atoms with Crippen molar-refractivity contribution in [1.29, 1.82) is 0 Å². The van der Waals surface area contributed by atoms with Crippen molar-refractivity contribution >= 4 is 17.8 Å². The van der Waals surface area contributed by atoms with Gasteiger partial charge in [-0.05, 0) is 43.7 Å². The zero-order valence-electron chi connectivity index (χ0n) is 15.3. The highest BCUT2D eigenvalue weighted by atomic mass is 16.7. The van der Waals surface area contributed by atoms with Crippen molar-refractivity contribution in [2.45, 2.75) is 13.8 Å². The van der Waals surface area contributed by atoms with Crippen LogP contribution in [0.3, 0.4) is 0 Å². The zero-order chi connectivity index (χ0) is 18.5. The van der Waals surface area contributed by atoms with Gasteiger partial charge in [0.05, 0.1) is 28.9 Å². The van der Waals surface area contributed by atoms with E-state index in [2.05, 4.69) is 29.0 Å². The SMILES string of the molecule is COc1cc(=C2C=c3cc4c(cc3=N2)OCO4)[nH]c1=Cc1[nH]c(C)cc1C. The second kappa shape index (κ2) is 5.81. The summed E-state index contributed by atoms with van der Waals surface area (Å²) in [6, 6.07) is 7.97. The fourth-order valence-electron chi connectivity index (χ4n) is 3.52. The molecule has 0 aliphatic carbocycles. The Labute approximate surface area is 155 Å². The van der Waals surface area contributed by atoms with E-state index in [-0.39, 0.29) is 6.79 Å². The first-order valence-corrected chi connectivity index (χ1v) is 8.76. The van der Waals surface area contributed by atoms with E-state index in [1.165, 1.54) is 5.56 Å². The number of H-pyrrole nitrogens is 2. The molecule has 2 aliphatic rings. The first kappa shape index (κ1) is 15.8. The number of methoxy groups -OCH3 is 1. The molecule has 6 nitrogen and oxygen atoms in total. The Balaban J connectivity index is 1.68. The third kappa shape index (κ3) is 2.61. The number of hydrogen-bond donors (Lipinski definition) is 2. The summed E-state index contributed by atoms with van der Waals surface area (Å²) in [5, 5.41) is 3.70. The van der Waals surface area contributed by atoms with Crippen LogP contribution in [0.2, 0.25) is 0 Å². The lowest BCUT2D eigenvalue weighted by molar-refractivity contribution is 0.174. The average molecular weight is 361 g/mol. The summed E-state index contributed by atoms with van der Waals surface area (Å²) in [7, 11) is 1.67. The van der Waals surface area contributed by atoms with E-state index >= 15 is 0 Å². The summed E-state index contributed by atoms with van der Waals surface area (Å²) in [6.45, 7) is 4.39. The van der Waals surface area contributed by atoms with Crippen LogP contribution in [0.5, 0.6) is 17.2 Å². The summed E-state index contributed by atoms with van der Waals surface area (Å²) in [4.78, 5) is 11.5. The summed E-state index contributed by atoms with van der Waals surface area (Å²) in [5.74, 6) is 2.28. The summed E-state index contributed by atoms with van der Waals surface area (Å²) < 4.78 is 16.5. The minimum atomic E-state index is 0.263. The van der Waals surface area contributed by atoms with Crippen molar-refractivity contribution in [2.24, 2.45) is 4.99 Å². The van der Waals surface area contributed by atoms with Crippen molar-refractivity contribution in [3.8, 4) is 17.2 Å². The Hall–Kier alpha value is -3.41. The highest BCUT2D eigenvalue weighted by Gasteiger charge is 2.15. The van der Waals surface area contributed by atoms with Crippen LogP contribution in [0, 0.1) is 13.8 Å². The molecule has 27 heavy (non-hydrogen) atoms. The van der Waals surface area contributed by atoms with Crippen LogP contribution in [0.4, 0.5) is 0 Å². The molecule has 6 heteroatoms. The van der Waals surface area contributed by atoms with Gasteiger partial charge < -0.3 is 24.2 Å². The molecule has 3 aromatic rings. The van der Waals surface area contributed by atoms with Gasteiger partial charge in [0.2, 0.25) is 6.79 Å². The maximum atomic E-state index is 5.56. The molecule has 2 N–H and O–H groups in total. The highest BCUT2D eigenvalue weighted by Crippen LogP contribution is 2.28. The Morgan fingerprint density at radius 2 is 1.89 bits per heavy atom.